The molecule has 102 valence electrons. The van der Waals surface area contributed by atoms with Gasteiger partial charge >= 0.3 is 0 Å². The first kappa shape index (κ1) is 15.8. The van der Waals surface area contributed by atoms with Crippen molar-refractivity contribution in [3.05, 3.63) is 33.8 Å². The lowest BCUT2D eigenvalue weighted by molar-refractivity contribution is 0.511. The molecular formula is C11H15BrF2N2OS. The Morgan fingerprint density at radius 2 is 1.94 bits per heavy atom. The van der Waals surface area contributed by atoms with E-state index in [9.17, 15) is 13.3 Å². The second kappa shape index (κ2) is 5.83. The molecule has 1 aromatic carbocycles. The van der Waals surface area contributed by atoms with E-state index in [-0.39, 0.29) is 10.0 Å². The molecule has 2 atom stereocenters. The molecule has 0 radical (unpaired) electrons. The Labute approximate surface area is 117 Å². The Morgan fingerprint density at radius 3 is 2.44 bits per heavy atom. The van der Waals surface area contributed by atoms with Crippen molar-refractivity contribution in [3.63, 3.8) is 0 Å². The second-order valence-corrected chi connectivity index (χ2v) is 7.62. The zero-order valence-corrected chi connectivity index (χ0v) is 12.7. The molecule has 0 aliphatic carbocycles. The first-order valence-electron chi connectivity index (χ1n) is 5.21. The molecular weight excluding hydrogens is 326 g/mol. The zero-order valence-electron chi connectivity index (χ0n) is 10.3. The Morgan fingerprint density at radius 1 is 1.39 bits per heavy atom. The molecule has 0 aliphatic heterocycles. The van der Waals surface area contributed by atoms with E-state index in [4.69, 9.17) is 5.73 Å². The second-order valence-electron chi connectivity index (χ2n) is 4.77. The van der Waals surface area contributed by atoms with Crippen LogP contribution in [-0.4, -0.2) is 9.30 Å². The summed E-state index contributed by atoms with van der Waals surface area (Å²) in [6.07, 6.45) is -1.04. The van der Waals surface area contributed by atoms with Crippen molar-refractivity contribution in [2.75, 3.05) is 0 Å². The maximum absolute atomic E-state index is 13.7. The van der Waals surface area contributed by atoms with Gasteiger partial charge in [0.25, 0.3) is 0 Å². The molecule has 3 N–H and O–H groups in total. The van der Waals surface area contributed by atoms with Gasteiger partial charge in [-0.3, -0.25) is 0 Å². The van der Waals surface area contributed by atoms with E-state index in [1.807, 2.05) is 0 Å². The molecule has 3 nitrogen and oxygen atoms in total. The molecule has 0 bridgehead atoms. The number of benzene rings is 1. The Kier molecular flexibility index (Phi) is 5.13. The number of hydrogen-bond acceptors (Lipinski definition) is 3. The summed E-state index contributed by atoms with van der Waals surface area (Å²) in [7, 11) is 0. The third kappa shape index (κ3) is 3.89. The average Bonchev–Trinajstić information content (AvgIpc) is 2.21. The van der Waals surface area contributed by atoms with E-state index < -0.39 is 33.9 Å². The molecule has 0 heterocycles. The Hall–Kier alpha value is -0.210. The van der Waals surface area contributed by atoms with Crippen LogP contribution >= 0.6 is 15.9 Å². The maximum Gasteiger partial charge on any atom is 0.143 e. The first-order valence-corrected chi connectivity index (χ1v) is 7.15. The zero-order chi connectivity index (χ0) is 14.1. The van der Waals surface area contributed by atoms with Crippen molar-refractivity contribution in [1.82, 2.24) is 4.72 Å². The van der Waals surface area contributed by atoms with Gasteiger partial charge in [0.2, 0.25) is 0 Å². The van der Waals surface area contributed by atoms with Crippen LogP contribution in [-0.2, 0) is 11.4 Å². The Balaban J connectivity index is 2.95. The normalized spacial score (nSPS) is 15.6. The van der Waals surface area contributed by atoms with Gasteiger partial charge in [0.05, 0.1) is 4.47 Å². The minimum Gasteiger partial charge on any atom is -0.598 e. The fourth-order valence-electron chi connectivity index (χ4n) is 1.16. The van der Waals surface area contributed by atoms with Gasteiger partial charge in [-0.15, -0.1) is 4.72 Å². The van der Waals surface area contributed by atoms with E-state index in [2.05, 4.69) is 20.7 Å². The van der Waals surface area contributed by atoms with Gasteiger partial charge in [-0.05, 0) is 48.8 Å². The van der Waals surface area contributed by atoms with Crippen molar-refractivity contribution >= 4 is 27.3 Å². The van der Waals surface area contributed by atoms with E-state index in [0.717, 1.165) is 12.1 Å². The summed E-state index contributed by atoms with van der Waals surface area (Å²) in [6.45, 7) is 5.25. The standard InChI is InChI=1S/C11H15BrF2N2OS/c1-11(2,3)18(17)16-10(15)7-4-6(13)5-8(12)9(7)14/h4-5,10,16H,15H2,1-3H3/t10-,18-/m0/s1. The van der Waals surface area contributed by atoms with Crippen molar-refractivity contribution < 1.29 is 13.3 Å². The molecule has 0 amide bonds. The van der Waals surface area contributed by atoms with Crippen LogP contribution in [0.5, 0.6) is 0 Å². The molecule has 0 saturated carbocycles. The van der Waals surface area contributed by atoms with Gasteiger partial charge < -0.3 is 10.3 Å². The lowest BCUT2D eigenvalue weighted by Crippen LogP contribution is -2.44. The summed E-state index contributed by atoms with van der Waals surface area (Å²) in [5.41, 5.74) is 5.63. The summed E-state index contributed by atoms with van der Waals surface area (Å²) >= 11 is 1.43. The topological polar surface area (TPSA) is 61.1 Å². The van der Waals surface area contributed by atoms with Gasteiger partial charge in [-0.1, -0.05) is 0 Å². The molecule has 0 saturated heterocycles. The smallest absolute Gasteiger partial charge is 0.143 e. The highest BCUT2D eigenvalue weighted by atomic mass is 79.9. The third-order valence-corrected chi connectivity index (χ3v) is 4.30. The summed E-state index contributed by atoms with van der Waals surface area (Å²) in [6, 6.07) is 1.99. The first-order chi connectivity index (χ1) is 8.12. The summed E-state index contributed by atoms with van der Waals surface area (Å²) in [5, 5.41) is 0. The highest BCUT2D eigenvalue weighted by Crippen LogP contribution is 2.25. The number of nitrogens with two attached hydrogens (primary N) is 1. The lowest BCUT2D eigenvalue weighted by atomic mass is 10.1. The van der Waals surface area contributed by atoms with E-state index in [1.54, 1.807) is 20.8 Å². The molecule has 18 heavy (non-hydrogen) atoms. The van der Waals surface area contributed by atoms with Gasteiger partial charge in [0, 0.05) is 16.9 Å². The number of nitrogens with one attached hydrogen (secondary N) is 1. The molecule has 1 aromatic rings. The van der Waals surface area contributed by atoms with Crippen LogP contribution in [0.2, 0.25) is 0 Å². The van der Waals surface area contributed by atoms with Crippen LogP contribution in [0.1, 0.15) is 32.5 Å². The van der Waals surface area contributed by atoms with E-state index >= 15 is 0 Å². The van der Waals surface area contributed by atoms with Crippen LogP contribution in [0, 0.1) is 11.6 Å². The minimum atomic E-state index is -1.47. The Bertz CT molecular complexity index is 440. The number of hydrogen-bond donors (Lipinski definition) is 2. The van der Waals surface area contributed by atoms with Gasteiger partial charge in [0.15, 0.2) is 0 Å². The van der Waals surface area contributed by atoms with Gasteiger partial charge in [-0.2, -0.15) is 0 Å². The van der Waals surface area contributed by atoms with E-state index in [0.29, 0.717) is 0 Å². The van der Waals surface area contributed by atoms with Crippen LogP contribution < -0.4 is 10.5 Å². The number of halogens is 3. The van der Waals surface area contributed by atoms with Gasteiger partial charge in [-0.25, -0.2) is 8.78 Å². The highest BCUT2D eigenvalue weighted by Gasteiger charge is 2.29. The molecule has 0 aromatic heterocycles. The van der Waals surface area contributed by atoms with Crippen LogP contribution in [0.25, 0.3) is 0 Å². The highest BCUT2D eigenvalue weighted by molar-refractivity contribution is 9.10. The van der Waals surface area contributed by atoms with Crippen molar-refractivity contribution in [2.24, 2.45) is 5.73 Å². The van der Waals surface area contributed by atoms with Crippen molar-refractivity contribution in [3.8, 4) is 0 Å². The lowest BCUT2D eigenvalue weighted by Gasteiger charge is -2.26. The molecule has 0 unspecified atom stereocenters. The molecule has 0 aliphatic rings. The van der Waals surface area contributed by atoms with Crippen LogP contribution in [0.4, 0.5) is 8.78 Å². The minimum absolute atomic E-state index is 0.0173. The third-order valence-electron chi connectivity index (χ3n) is 2.15. The van der Waals surface area contributed by atoms with Gasteiger partial charge in [0.1, 0.15) is 22.5 Å². The predicted octanol–water partition coefficient (Wildman–Crippen LogP) is 2.74. The summed E-state index contributed by atoms with van der Waals surface area (Å²) in [5.74, 6) is -1.28. The molecule has 7 heteroatoms. The predicted molar refractivity (Wildman–Crippen MR) is 72.0 cm³/mol. The van der Waals surface area contributed by atoms with Crippen LogP contribution in [0.15, 0.2) is 16.6 Å². The summed E-state index contributed by atoms with van der Waals surface area (Å²) in [4.78, 5) is 0. The van der Waals surface area contributed by atoms with Crippen LogP contribution in [0.3, 0.4) is 0 Å². The molecule has 0 spiro atoms. The quantitative estimate of drug-likeness (QED) is 0.505. The fraction of sp³-hybridized carbons (Fsp3) is 0.455. The van der Waals surface area contributed by atoms with Crippen molar-refractivity contribution in [1.29, 1.82) is 0 Å². The largest absolute Gasteiger partial charge is 0.598 e. The fourth-order valence-corrected chi connectivity index (χ4v) is 2.32. The summed E-state index contributed by atoms with van der Waals surface area (Å²) < 4.78 is 40.7. The average molecular weight is 341 g/mol. The maximum atomic E-state index is 13.7. The molecule has 0 fully saturated rings. The SMILES string of the molecule is CC(C)(C)[S@+]([O-])N[C@H](N)c1cc(F)cc(Br)c1F. The number of rotatable bonds is 3. The molecule has 1 rings (SSSR count). The monoisotopic (exact) mass is 340 g/mol. The van der Waals surface area contributed by atoms with Crippen molar-refractivity contribution in [2.45, 2.75) is 31.7 Å². The van der Waals surface area contributed by atoms with E-state index in [1.165, 1.54) is 0 Å².